The zero-order valence-corrected chi connectivity index (χ0v) is 12.3. The lowest BCUT2D eigenvalue weighted by atomic mass is 10.00. The summed E-state index contributed by atoms with van der Waals surface area (Å²) in [7, 11) is 0. The Morgan fingerprint density at radius 3 is 2.64 bits per heavy atom. The van der Waals surface area contributed by atoms with Gasteiger partial charge in [0.1, 0.15) is 18.1 Å². The van der Waals surface area contributed by atoms with Crippen molar-refractivity contribution in [1.82, 2.24) is 0 Å². The predicted molar refractivity (Wildman–Crippen MR) is 88.1 cm³/mol. The Balaban J connectivity index is 1.94. The van der Waals surface area contributed by atoms with E-state index in [4.69, 9.17) is 9.15 Å². The molecule has 110 valence electrons. The number of aryl methyl sites for hydroxylation is 1. The summed E-state index contributed by atoms with van der Waals surface area (Å²) in [5.41, 5.74) is 1.75. The van der Waals surface area contributed by atoms with Crippen molar-refractivity contribution in [2.45, 2.75) is 13.5 Å². The molecule has 3 nitrogen and oxygen atoms in total. The van der Waals surface area contributed by atoms with Gasteiger partial charge in [-0.1, -0.05) is 49.1 Å². The molecule has 1 aromatic heterocycles. The standard InChI is InChI=1S/C19H16O3/c1-3-14-8-9-15(18-7-5-4-6-17(14)18)12-21-16-10-13(2)22-19(20)11-16/h3-11H,1,12H2,2H3. The van der Waals surface area contributed by atoms with E-state index in [1.54, 1.807) is 13.0 Å². The van der Waals surface area contributed by atoms with Gasteiger partial charge in [0.25, 0.3) is 0 Å². The highest BCUT2D eigenvalue weighted by molar-refractivity contribution is 5.92. The van der Waals surface area contributed by atoms with Crippen molar-refractivity contribution < 1.29 is 9.15 Å². The Bertz CT molecular complexity index is 891. The molecule has 0 bridgehead atoms. The van der Waals surface area contributed by atoms with Crippen molar-refractivity contribution >= 4 is 16.8 Å². The Morgan fingerprint density at radius 1 is 1.14 bits per heavy atom. The van der Waals surface area contributed by atoms with E-state index in [9.17, 15) is 4.79 Å². The minimum Gasteiger partial charge on any atom is -0.488 e. The minimum atomic E-state index is -0.401. The van der Waals surface area contributed by atoms with Crippen LogP contribution in [0.1, 0.15) is 16.9 Å². The van der Waals surface area contributed by atoms with Crippen LogP contribution in [0.15, 0.2) is 64.3 Å². The number of benzene rings is 2. The smallest absolute Gasteiger partial charge is 0.339 e. The molecule has 0 aliphatic heterocycles. The highest BCUT2D eigenvalue weighted by atomic mass is 16.5. The second-order valence-corrected chi connectivity index (χ2v) is 5.08. The Labute approximate surface area is 128 Å². The molecule has 0 aliphatic carbocycles. The highest BCUT2D eigenvalue weighted by Gasteiger charge is 2.06. The molecule has 0 spiro atoms. The van der Waals surface area contributed by atoms with E-state index < -0.39 is 5.63 Å². The van der Waals surface area contributed by atoms with Crippen LogP contribution in [0.4, 0.5) is 0 Å². The number of hydrogen-bond acceptors (Lipinski definition) is 3. The van der Waals surface area contributed by atoms with Gasteiger partial charge < -0.3 is 9.15 Å². The Hall–Kier alpha value is -2.81. The number of fused-ring (bicyclic) bond motifs is 1. The van der Waals surface area contributed by atoms with Gasteiger partial charge in [0.05, 0.1) is 6.07 Å². The number of hydrogen-bond donors (Lipinski definition) is 0. The van der Waals surface area contributed by atoms with E-state index in [1.165, 1.54) is 6.07 Å². The molecule has 3 aromatic rings. The molecule has 0 atom stereocenters. The van der Waals surface area contributed by atoms with Crippen molar-refractivity contribution in [2.24, 2.45) is 0 Å². The van der Waals surface area contributed by atoms with Crippen LogP contribution >= 0.6 is 0 Å². The molecule has 0 amide bonds. The van der Waals surface area contributed by atoms with Crippen LogP contribution in [0, 0.1) is 6.92 Å². The molecule has 22 heavy (non-hydrogen) atoms. The fourth-order valence-electron chi connectivity index (χ4n) is 2.51. The third kappa shape index (κ3) is 2.79. The van der Waals surface area contributed by atoms with Gasteiger partial charge in [-0.2, -0.15) is 0 Å². The van der Waals surface area contributed by atoms with Gasteiger partial charge in [-0.25, -0.2) is 4.79 Å². The van der Waals surface area contributed by atoms with Crippen molar-refractivity contribution in [2.75, 3.05) is 0 Å². The first kappa shape index (κ1) is 14.1. The summed E-state index contributed by atoms with van der Waals surface area (Å²) in [6.07, 6.45) is 1.85. The van der Waals surface area contributed by atoms with Crippen LogP contribution in [0.5, 0.6) is 5.75 Å². The molecule has 0 unspecified atom stereocenters. The summed E-state index contributed by atoms with van der Waals surface area (Å²) in [6.45, 7) is 5.96. The first-order valence-electron chi connectivity index (χ1n) is 7.05. The lowest BCUT2D eigenvalue weighted by Gasteiger charge is -2.11. The maximum atomic E-state index is 11.4. The molecule has 0 aliphatic rings. The van der Waals surface area contributed by atoms with Gasteiger partial charge in [-0.15, -0.1) is 0 Å². The van der Waals surface area contributed by atoms with Gasteiger partial charge in [0.15, 0.2) is 0 Å². The van der Waals surface area contributed by atoms with E-state index in [-0.39, 0.29) is 0 Å². The first-order chi connectivity index (χ1) is 10.7. The zero-order chi connectivity index (χ0) is 15.5. The van der Waals surface area contributed by atoms with Crippen molar-refractivity contribution in [3.63, 3.8) is 0 Å². The van der Waals surface area contributed by atoms with E-state index in [1.807, 2.05) is 30.3 Å². The van der Waals surface area contributed by atoms with Gasteiger partial charge in [-0.3, -0.25) is 0 Å². The average Bonchev–Trinajstić information content (AvgIpc) is 2.51. The minimum absolute atomic E-state index is 0.390. The van der Waals surface area contributed by atoms with E-state index in [2.05, 4.69) is 18.7 Å². The van der Waals surface area contributed by atoms with Crippen molar-refractivity contribution in [3.05, 3.63) is 82.4 Å². The summed E-state index contributed by atoms with van der Waals surface area (Å²) in [4.78, 5) is 11.4. The molecule has 0 N–H and O–H groups in total. The Morgan fingerprint density at radius 2 is 1.91 bits per heavy atom. The molecule has 0 saturated heterocycles. The molecule has 2 aromatic carbocycles. The molecule has 3 rings (SSSR count). The first-order valence-corrected chi connectivity index (χ1v) is 7.05. The fraction of sp³-hybridized carbons (Fsp3) is 0.105. The van der Waals surface area contributed by atoms with Gasteiger partial charge in [0, 0.05) is 6.07 Å². The van der Waals surface area contributed by atoms with E-state index in [0.29, 0.717) is 18.1 Å². The van der Waals surface area contributed by atoms with Crippen LogP contribution in [-0.2, 0) is 6.61 Å². The highest BCUT2D eigenvalue weighted by Crippen LogP contribution is 2.24. The second-order valence-electron chi connectivity index (χ2n) is 5.08. The fourth-order valence-corrected chi connectivity index (χ4v) is 2.51. The summed E-state index contributed by atoms with van der Waals surface area (Å²) in [5, 5.41) is 2.27. The monoisotopic (exact) mass is 292 g/mol. The quantitative estimate of drug-likeness (QED) is 0.718. The van der Waals surface area contributed by atoms with Crippen LogP contribution in [0.2, 0.25) is 0 Å². The van der Waals surface area contributed by atoms with Gasteiger partial charge in [0.2, 0.25) is 0 Å². The Kier molecular flexibility index (Phi) is 3.79. The molecule has 1 heterocycles. The average molecular weight is 292 g/mol. The lowest BCUT2D eigenvalue weighted by molar-refractivity contribution is 0.301. The molecule has 0 fully saturated rings. The summed E-state index contributed by atoms with van der Waals surface area (Å²) < 4.78 is 10.7. The topological polar surface area (TPSA) is 39.4 Å². The normalized spacial score (nSPS) is 10.6. The predicted octanol–water partition coefficient (Wildman–Crippen LogP) is 4.32. The van der Waals surface area contributed by atoms with Crippen molar-refractivity contribution in [3.8, 4) is 5.75 Å². The van der Waals surface area contributed by atoms with E-state index in [0.717, 1.165) is 21.9 Å². The summed E-state index contributed by atoms with van der Waals surface area (Å²) >= 11 is 0. The molecule has 0 saturated carbocycles. The summed E-state index contributed by atoms with van der Waals surface area (Å²) in [6, 6.07) is 15.2. The second kappa shape index (κ2) is 5.90. The van der Waals surface area contributed by atoms with Gasteiger partial charge >= 0.3 is 5.63 Å². The van der Waals surface area contributed by atoms with Gasteiger partial charge in [-0.05, 0) is 28.8 Å². The van der Waals surface area contributed by atoms with Crippen molar-refractivity contribution in [1.29, 1.82) is 0 Å². The molecule has 0 radical (unpaired) electrons. The lowest BCUT2D eigenvalue weighted by Crippen LogP contribution is -2.02. The van der Waals surface area contributed by atoms with Crippen LogP contribution < -0.4 is 10.4 Å². The van der Waals surface area contributed by atoms with Crippen LogP contribution in [0.3, 0.4) is 0 Å². The maximum Gasteiger partial charge on any atom is 0.339 e. The third-order valence-electron chi connectivity index (χ3n) is 3.53. The van der Waals surface area contributed by atoms with E-state index >= 15 is 0 Å². The number of rotatable bonds is 4. The van der Waals surface area contributed by atoms with Crippen LogP contribution in [0.25, 0.3) is 16.8 Å². The molecular formula is C19H16O3. The number of ether oxygens (including phenoxy) is 1. The zero-order valence-electron chi connectivity index (χ0n) is 12.3. The maximum absolute atomic E-state index is 11.4. The SMILES string of the molecule is C=Cc1ccc(COc2cc(C)oc(=O)c2)c2ccccc12. The van der Waals surface area contributed by atoms with Crippen LogP contribution in [-0.4, -0.2) is 0 Å². The summed E-state index contributed by atoms with van der Waals surface area (Å²) in [5.74, 6) is 1.06. The molecular weight excluding hydrogens is 276 g/mol. The largest absolute Gasteiger partial charge is 0.488 e. The third-order valence-corrected chi connectivity index (χ3v) is 3.53. The molecule has 3 heteroatoms.